The van der Waals surface area contributed by atoms with Crippen molar-refractivity contribution in [2.75, 3.05) is 0 Å². The molecule has 4 saturated carbocycles. The molecule has 8 N–H and O–H groups in total. The zero-order chi connectivity index (χ0) is 39.7. The van der Waals surface area contributed by atoms with Crippen LogP contribution in [0.1, 0.15) is 77.0 Å². The predicted molar refractivity (Wildman–Crippen MR) is 193 cm³/mol. The zero-order valence-corrected chi connectivity index (χ0v) is 36.4. The monoisotopic (exact) mass is 984 g/mol. The van der Waals surface area contributed by atoms with Crippen LogP contribution in [0.2, 0.25) is 0 Å². The Morgan fingerprint density at radius 2 is 0.466 bits per heavy atom. The van der Waals surface area contributed by atoms with Gasteiger partial charge in [-0.05, 0) is 74.0 Å². The molecule has 9 rings (SSSR count). The maximum absolute atomic E-state index is 13.3. The second kappa shape index (κ2) is 16.7. The van der Waals surface area contributed by atoms with E-state index < -0.39 is 98.0 Å². The molecule has 5 aliphatic heterocycles. The van der Waals surface area contributed by atoms with Gasteiger partial charge in [0.2, 0.25) is 0 Å². The molecule has 0 spiro atoms. The average Bonchev–Trinajstić information content (AvgIpc) is 3.84. The van der Waals surface area contributed by atoms with Gasteiger partial charge in [-0.3, -0.25) is 42.5 Å². The first-order valence-electron chi connectivity index (χ1n) is 20.2. The van der Waals surface area contributed by atoms with Gasteiger partial charge >= 0.3 is 33.0 Å². The van der Waals surface area contributed by atoms with Gasteiger partial charge in [0.25, 0.3) is 0 Å². The second-order valence-electron chi connectivity index (χ2n) is 18.0. The Morgan fingerprint density at radius 1 is 0.293 bits per heavy atom. The summed E-state index contributed by atoms with van der Waals surface area (Å²) >= 11 is 0. The first-order valence-corrected chi connectivity index (χ1v) is 26.1. The van der Waals surface area contributed by atoms with E-state index in [9.17, 15) is 51.9 Å². The molecule has 9 fully saturated rings. The second-order valence-corrected chi connectivity index (χ2v) is 24.1. The van der Waals surface area contributed by atoms with Gasteiger partial charge in [-0.1, -0.05) is 38.5 Å². The minimum absolute atomic E-state index is 0. The van der Waals surface area contributed by atoms with Crippen LogP contribution >= 0.6 is 0 Å². The van der Waals surface area contributed by atoms with Gasteiger partial charge in [0, 0.05) is 11.8 Å². The third-order valence-electron chi connectivity index (χ3n) is 15.3. The molecular weight excluding hydrogens is 934 g/mol. The number of rotatable bonds is 4. The topological polar surface area (TPSA) is 325 Å². The first kappa shape index (κ1) is 46.3. The van der Waals surface area contributed by atoms with Crippen molar-refractivity contribution in [1.29, 1.82) is 0 Å². The molecule has 0 aromatic rings. The van der Waals surface area contributed by atoms with Crippen LogP contribution in [0.25, 0.3) is 0 Å². The van der Waals surface area contributed by atoms with Crippen molar-refractivity contribution in [1.82, 2.24) is 42.5 Å². The molecule has 20 atom stereocenters. The summed E-state index contributed by atoms with van der Waals surface area (Å²) in [5, 5.41) is 16.2. The number of hydrogen-bond donors (Lipinski definition) is 8. The van der Waals surface area contributed by atoms with E-state index in [0.717, 1.165) is 77.0 Å². The van der Waals surface area contributed by atoms with E-state index in [1.165, 1.54) is 0 Å². The quantitative estimate of drug-likeness (QED) is 0.101. The average molecular weight is 986 g/mol. The van der Waals surface area contributed by atoms with Crippen molar-refractivity contribution in [3.8, 4) is 0 Å². The third kappa shape index (κ3) is 8.16. The maximum atomic E-state index is 13.3. The molecule has 20 nitrogen and oxygen atoms in total. The molecule has 0 aromatic heterocycles. The summed E-state index contributed by atoms with van der Waals surface area (Å²) in [5.41, 5.74) is 0. The molecule has 26 heteroatoms. The van der Waals surface area contributed by atoms with E-state index in [2.05, 4.69) is 42.5 Å². The van der Waals surface area contributed by atoms with E-state index in [0.29, 0.717) is 11.8 Å². The zero-order valence-electron chi connectivity index (χ0n) is 31.2. The van der Waals surface area contributed by atoms with Gasteiger partial charge in [0.05, 0.1) is 90.6 Å². The van der Waals surface area contributed by atoms with E-state index >= 15 is 0 Å². The summed E-state index contributed by atoms with van der Waals surface area (Å²) in [6, 6.07) is 0. The van der Waals surface area contributed by atoms with E-state index in [1.54, 1.807) is 0 Å². The van der Waals surface area contributed by atoms with Crippen molar-refractivity contribution in [3.05, 3.63) is 0 Å². The molecule has 5 saturated heterocycles. The molecule has 0 radical (unpaired) electrons. The van der Waals surface area contributed by atoms with Gasteiger partial charge in [0.1, 0.15) is 20.2 Å². The Labute approximate surface area is 360 Å². The molecule has 336 valence electrons. The van der Waals surface area contributed by atoms with Crippen molar-refractivity contribution >= 4 is 40.5 Å². The summed E-state index contributed by atoms with van der Waals surface area (Å²) in [6.07, 6.45) is 6.60. The summed E-state index contributed by atoms with van der Waals surface area (Å²) in [7, 11) is -24.4. The van der Waals surface area contributed by atoms with Crippen LogP contribution < -0.4 is 42.5 Å². The minimum atomic E-state index is -6.22. The fourth-order valence-electron chi connectivity index (χ4n) is 13.4. The molecule has 8 bridgehead atoms. The van der Waals surface area contributed by atoms with Gasteiger partial charge < -0.3 is 18.2 Å². The van der Waals surface area contributed by atoms with Crippen molar-refractivity contribution in [2.24, 2.45) is 47.3 Å². The van der Waals surface area contributed by atoms with Crippen LogP contribution in [0.3, 0.4) is 0 Å². The van der Waals surface area contributed by atoms with Crippen LogP contribution in [0, 0.1) is 47.3 Å². The van der Waals surface area contributed by atoms with E-state index in [4.69, 9.17) is 0 Å². The van der Waals surface area contributed by atoms with E-state index in [-0.39, 0.29) is 81.3 Å². The molecule has 20 unspecified atom stereocenters. The Balaban J connectivity index is 0.00000256. The largest absolute Gasteiger partial charge is 2.00 e. The van der Waals surface area contributed by atoms with Crippen LogP contribution in [-0.2, 0) is 73.5 Å². The number of nitrogens with one attached hydrogen (secondary N) is 8. The van der Waals surface area contributed by atoms with Crippen LogP contribution in [0.5, 0.6) is 0 Å². The fourth-order valence-corrected chi connectivity index (χ4v) is 20.5. The Bertz CT molecular complexity index is 1860. The SMILES string of the molecule is O=S(=O)([O-])C1C2C3NC4NC(NC5NC(NC6NC(NC(N3)C2C(S(=O)(=O)[O-])C(S(=O)(=O)[O-])C1S(=O)(=O)[O-])C1CCCCC61)C1CCCCC51)C1CCCCC41.[Ni+2].[Ni+2]. The predicted octanol–water partition coefficient (Wildman–Crippen LogP) is -3.30. The molecular formula is C32H52N8Ni2O12S4. The van der Waals surface area contributed by atoms with E-state index in [1.807, 2.05) is 0 Å². The molecule has 4 aliphatic carbocycles. The molecule has 5 heterocycles. The first-order chi connectivity index (χ1) is 26.3. The molecule has 58 heavy (non-hydrogen) atoms. The van der Waals surface area contributed by atoms with Crippen LogP contribution in [0.4, 0.5) is 0 Å². The summed E-state index contributed by atoms with van der Waals surface area (Å²) in [4.78, 5) is 0. The van der Waals surface area contributed by atoms with Crippen molar-refractivity contribution in [2.45, 2.75) is 147 Å². The number of fused-ring (bicyclic) bond motifs is 20. The maximum Gasteiger partial charge on any atom is 2.00 e. The van der Waals surface area contributed by atoms with Gasteiger partial charge in [-0.25, -0.2) is 33.7 Å². The summed E-state index contributed by atoms with van der Waals surface area (Å²) < 4.78 is 157. The summed E-state index contributed by atoms with van der Waals surface area (Å²) in [5.74, 6) is -3.14. The van der Waals surface area contributed by atoms with Gasteiger partial charge in [-0.15, -0.1) is 0 Å². The Kier molecular flexibility index (Phi) is 13.3. The number of hydrogen-bond acceptors (Lipinski definition) is 20. The van der Waals surface area contributed by atoms with Gasteiger partial charge in [-0.2, -0.15) is 0 Å². The summed E-state index contributed by atoms with van der Waals surface area (Å²) in [6.45, 7) is 0. The van der Waals surface area contributed by atoms with Crippen molar-refractivity contribution in [3.63, 3.8) is 0 Å². The normalized spacial score (nSPS) is 49.3. The minimum Gasteiger partial charge on any atom is -0.748 e. The third-order valence-corrected chi connectivity index (χ3v) is 20.9. The van der Waals surface area contributed by atoms with Crippen LogP contribution in [-0.4, -0.2) is 122 Å². The molecule has 9 aliphatic rings. The molecule has 0 amide bonds. The Hall–Kier alpha value is 0.307. The fraction of sp³-hybridized carbons (Fsp3) is 1.00. The van der Waals surface area contributed by atoms with Crippen molar-refractivity contribution < 1.29 is 84.9 Å². The smallest absolute Gasteiger partial charge is 0.748 e. The van der Waals surface area contributed by atoms with Crippen LogP contribution in [0.15, 0.2) is 0 Å². The standard InChI is InChI=1S/C32H56N8O12S4.2Ni/c41-53(42,43)21-19-20(22(54(44,45)46)24(56(50,51)52)23(21)55(47,48)49)32-39-30-18-12-6-4-10-16(18)28(37-30)35-26-14-8-2-1-7-13(14)25(33-26)34-27-15-9-3-5-11-17(15)29(36-27)38-31(19)40-32;;/h13-40H,1-12H2,(H,41,42,43)(H,44,45,46)(H,47,48,49)(H,50,51,52);;/q;2*+2/p-4. The Morgan fingerprint density at radius 3 is 0.655 bits per heavy atom. The molecule has 0 aromatic carbocycles. The van der Waals surface area contributed by atoms with Gasteiger partial charge in [0.15, 0.2) is 0 Å².